The van der Waals surface area contributed by atoms with E-state index in [0.29, 0.717) is 6.61 Å². The molecule has 1 nitrogen and oxygen atoms in total. The third-order valence-corrected chi connectivity index (χ3v) is 0.472. The lowest BCUT2D eigenvalue weighted by atomic mass is 10.9. The summed E-state index contributed by atoms with van der Waals surface area (Å²) in [7, 11) is 0. The molecule has 0 aliphatic rings. The first kappa shape index (κ1) is 6.11. The smallest absolute Gasteiger partial charge is 0.225 e. The van der Waals surface area contributed by atoms with E-state index < -0.39 is 0 Å². The van der Waals surface area contributed by atoms with Gasteiger partial charge in [0, 0.05) is 0 Å². The van der Waals surface area contributed by atoms with Gasteiger partial charge in [0.05, 0.1) is 0 Å². The third-order valence-electron chi connectivity index (χ3n) is 0.226. The largest absolute Gasteiger partial charge is 0.437 e. The molecule has 3 heteroatoms. The van der Waals surface area contributed by atoms with E-state index in [9.17, 15) is 0 Å². The third kappa shape index (κ3) is 4.11. The van der Waals surface area contributed by atoms with Crippen molar-refractivity contribution in [3.05, 3.63) is 6.92 Å². The number of ether oxygens (including phenoxy) is 1. The Hall–Kier alpha value is 0.110. The average molecular weight is 121 g/mol. The second-order valence-electron chi connectivity index (χ2n) is 0.614. The van der Waals surface area contributed by atoms with Crippen molar-refractivity contribution in [2.75, 3.05) is 6.61 Å². The average Bonchev–Trinajstić information content (AvgIpc) is 1.35. The Balaban J connectivity index is 2.83. The first-order valence-electron chi connectivity index (χ1n) is 1.42. The van der Waals surface area contributed by atoms with E-state index in [1.54, 1.807) is 0 Å². The van der Waals surface area contributed by atoms with Gasteiger partial charge in [0.2, 0.25) is 11.0 Å². The zero-order valence-electron chi connectivity index (χ0n) is 3.18. The van der Waals surface area contributed by atoms with E-state index in [0.717, 1.165) is 0 Å². The zero-order chi connectivity index (χ0) is 4.99. The van der Waals surface area contributed by atoms with E-state index in [4.69, 9.17) is 0 Å². The molecule has 0 aliphatic carbocycles. The van der Waals surface area contributed by atoms with Crippen LogP contribution in [0.4, 0.5) is 0 Å². The molecule has 0 aromatic rings. The molecule has 0 saturated heterocycles. The fourth-order valence-electron chi connectivity index (χ4n) is 0.0873. The van der Waals surface area contributed by atoms with Gasteiger partial charge in [-0.15, -0.1) is 0 Å². The molecule has 0 rings (SSSR count). The van der Waals surface area contributed by atoms with Crippen molar-refractivity contribution in [1.82, 2.24) is 0 Å². The van der Waals surface area contributed by atoms with Crippen LogP contribution in [0.15, 0.2) is 0 Å². The minimum absolute atomic E-state index is 0.255. The van der Waals surface area contributed by atoms with Gasteiger partial charge in [-0.1, -0.05) is 12.6 Å². The summed E-state index contributed by atoms with van der Waals surface area (Å²) in [5.41, 5.74) is 0. The van der Waals surface area contributed by atoms with Crippen molar-refractivity contribution in [3.8, 4) is 0 Å². The summed E-state index contributed by atoms with van der Waals surface area (Å²) in [5, 5.41) is 0. The molecule has 34 valence electrons. The minimum Gasteiger partial charge on any atom is -0.437 e. The Morgan fingerprint density at radius 1 is 2.00 bits per heavy atom. The fourth-order valence-corrected chi connectivity index (χ4v) is 0.262. The van der Waals surface area contributed by atoms with Crippen molar-refractivity contribution in [3.63, 3.8) is 0 Å². The quantitative estimate of drug-likeness (QED) is 0.315. The van der Waals surface area contributed by atoms with Crippen LogP contribution in [0.2, 0.25) is 0 Å². The molecule has 0 aromatic carbocycles. The Kier molecular flexibility index (Phi) is 3.37. The van der Waals surface area contributed by atoms with E-state index in [-0.39, 0.29) is 4.38 Å². The highest BCUT2D eigenvalue weighted by atomic mass is 32.1. The highest BCUT2D eigenvalue weighted by molar-refractivity contribution is 8.10. The molecular formula is C3H5OS2+. The topological polar surface area (TPSA) is 9.23 Å². The van der Waals surface area contributed by atoms with E-state index in [2.05, 4.69) is 36.5 Å². The van der Waals surface area contributed by atoms with Crippen LogP contribution in [0.3, 0.4) is 0 Å². The van der Waals surface area contributed by atoms with Gasteiger partial charge in [-0.2, -0.15) is 0 Å². The summed E-state index contributed by atoms with van der Waals surface area (Å²) in [6.45, 7) is 3.73. The lowest BCUT2D eigenvalue weighted by molar-refractivity contribution is 0.369. The highest BCUT2D eigenvalue weighted by Gasteiger charge is 1.82. The number of hydrogen-bond donors (Lipinski definition) is 1. The summed E-state index contributed by atoms with van der Waals surface area (Å²) in [5.74, 6) is 0. The molecule has 0 bridgehead atoms. The second-order valence-corrected chi connectivity index (χ2v) is 1.69. The van der Waals surface area contributed by atoms with Gasteiger partial charge < -0.3 is 4.74 Å². The maximum absolute atomic E-state index is 4.53. The van der Waals surface area contributed by atoms with E-state index in [1.165, 1.54) is 0 Å². The molecule has 0 atom stereocenters. The zero-order valence-corrected chi connectivity index (χ0v) is 4.89. The van der Waals surface area contributed by atoms with Crippen LogP contribution in [-0.4, -0.2) is 11.0 Å². The van der Waals surface area contributed by atoms with Gasteiger partial charge in [0.25, 0.3) is 0 Å². The first-order chi connectivity index (χ1) is 2.77. The molecular weight excluding hydrogens is 116 g/mol. The Morgan fingerprint density at radius 2 is 2.50 bits per heavy atom. The molecule has 0 amide bonds. The van der Waals surface area contributed by atoms with Crippen LogP contribution in [0, 0.1) is 6.92 Å². The maximum Gasteiger partial charge on any atom is 0.225 e. The van der Waals surface area contributed by atoms with Gasteiger partial charge in [0.1, 0.15) is 6.92 Å². The highest BCUT2D eigenvalue weighted by Crippen LogP contribution is 1.83. The molecule has 0 aromatic heterocycles. The van der Waals surface area contributed by atoms with Crippen LogP contribution < -0.4 is 0 Å². The Morgan fingerprint density at radius 3 is 2.50 bits per heavy atom. The number of thiocarbonyl (C=S) groups is 1. The summed E-state index contributed by atoms with van der Waals surface area (Å²) in [4.78, 5) is 0. The number of hydrogen-bond acceptors (Lipinski definition) is 2. The normalized spacial score (nSPS) is 7.50. The van der Waals surface area contributed by atoms with Crippen LogP contribution in [0.1, 0.15) is 0 Å². The molecule has 0 spiro atoms. The number of thiol groups is 1. The molecule has 0 aliphatic heterocycles. The lowest BCUT2D eigenvalue weighted by Crippen LogP contribution is -1.89. The minimum atomic E-state index is 0.255. The van der Waals surface area contributed by atoms with E-state index >= 15 is 0 Å². The molecule has 0 fully saturated rings. The lowest BCUT2D eigenvalue weighted by Gasteiger charge is -1.87. The molecule has 6 heavy (non-hydrogen) atoms. The monoisotopic (exact) mass is 121 g/mol. The predicted octanol–water partition coefficient (Wildman–Crippen LogP) is 1.05. The maximum atomic E-state index is 4.53. The number of rotatable bonds is 1. The first-order valence-corrected chi connectivity index (χ1v) is 2.28. The Labute approximate surface area is 48.1 Å². The van der Waals surface area contributed by atoms with Gasteiger partial charge in [0.15, 0.2) is 0 Å². The Bertz CT molecular complexity index is 52.8. The van der Waals surface area contributed by atoms with Crippen LogP contribution in [-0.2, 0) is 4.74 Å². The fraction of sp³-hybridized carbons (Fsp3) is 0.333. The van der Waals surface area contributed by atoms with Crippen LogP contribution >= 0.6 is 24.8 Å². The summed E-state index contributed by atoms with van der Waals surface area (Å²) >= 11 is 8.04. The van der Waals surface area contributed by atoms with Crippen molar-refractivity contribution < 1.29 is 4.74 Å². The summed E-state index contributed by atoms with van der Waals surface area (Å²) < 4.78 is 4.78. The van der Waals surface area contributed by atoms with E-state index in [1.807, 2.05) is 0 Å². The molecule has 0 saturated carbocycles. The van der Waals surface area contributed by atoms with Crippen LogP contribution in [0.25, 0.3) is 0 Å². The van der Waals surface area contributed by atoms with Gasteiger partial charge >= 0.3 is 0 Å². The van der Waals surface area contributed by atoms with Crippen molar-refractivity contribution in [2.45, 2.75) is 0 Å². The van der Waals surface area contributed by atoms with Gasteiger partial charge in [-0.25, -0.2) is 0 Å². The molecule has 0 radical (unpaired) electrons. The summed E-state index contributed by atoms with van der Waals surface area (Å²) in [6, 6.07) is 0. The molecule has 0 N–H and O–H groups in total. The SMILES string of the molecule is [CH2+]COC(=S)S. The van der Waals surface area contributed by atoms with Crippen molar-refractivity contribution in [2.24, 2.45) is 0 Å². The second kappa shape index (κ2) is 3.31. The van der Waals surface area contributed by atoms with Gasteiger partial charge in [-0.3, -0.25) is 0 Å². The van der Waals surface area contributed by atoms with Gasteiger partial charge in [-0.05, 0) is 12.2 Å². The van der Waals surface area contributed by atoms with Crippen molar-refractivity contribution >= 4 is 29.2 Å². The molecule has 0 unspecified atom stereocenters. The van der Waals surface area contributed by atoms with Crippen molar-refractivity contribution in [1.29, 1.82) is 0 Å². The predicted molar refractivity (Wildman–Crippen MR) is 32.9 cm³/mol. The molecule has 0 heterocycles. The summed E-state index contributed by atoms with van der Waals surface area (Å²) in [6.07, 6.45) is 0. The van der Waals surface area contributed by atoms with Crippen LogP contribution in [0.5, 0.6) is 0 Å². The standard InChI is InChI=1S/C3H4OS2/c1-2-4-3(5)6/h1-2H2/p+1.